The van der Waals surface area contributed by atoms with Gasteiger partial charge in [0.25, 0.3) is 0 Å². The van der Waals surface area contributed by atoms with Crippen LogP contribution in [-0.2, 0) is 5.41 Å². The Morgan fingerprint density at radius 1 is 0.543 bits per heavy atom. The molecule has 46 heavy (non-hydrogen) atoms. The fourth-order valence-corrected chi connectivity index (χ4v) is 9.39. The third-order valence-corrected chi connectivity index (χ3v) is 10.9. The summed E-state index contributed by atoms with van der Waals surface area (Å²) in [5, 5.41) is 12.6. The van der Waals surface area contributed by atoms with Crippen LogP contribution < -0.4 is 0 Å². The quantitative estimate of drug-likeness (QED) is 0.199. The fourth-order valence-electron chi connectivity index (χ4n) is 9.39. The molecule has 0 N–H and O–H groups in total. The second-order valence-electron chi connectivity index (χ2n) is 13.8. The number of fused-ring (bicyclic) bond motifs is 1. The third kappa shape index (κ3) is 4.53. The number of rotatable bonds is 5. The highest BCUT2D eigenvalue weighted by Crippen LogP contribution is 2.61. The van der Waals surface area contributed by atoms with Gasteiger partial charge in [-0.1, -0.05) is 103 Å². The Hall–Kier alpha value is -5.14. The molecule has 4 fully saturated rings. The first-order valence-corrected chi connectivity index (χ1v) is 16.6. The lowest BCUT2D eigenvalue weighted by molar-refractivity contribution is -0.00449. The van der Waals surface area contributed by atoms with Crippen LogP contribution in [0.25, 0.3) is 56.1 Å². The Balaban J connectivity index is 1.24. The lowest BCUT2D eigenvalue weighted by Crippen LogP contribution is -2.48. The van der Waals surface area contributed by atoms with Gasteiger partial charge in [0.05, 0.1) is 11.6 Å². The molecule has 0 radical (unpaired) electrons. The Morgan fingerprint density at radius 3 is 1.78 bits per heavy atom. The topological polar surface area (TPSA) is 62.5 Å². The SMILES string of the molecule is N#Cc1cccc2c(-c3nc(-c4ccccc4)nc(-c4cccc(-c5ccccc5)c4)n3)ccc(C34C[C@H]5C[C@@H](C3)C[C@@H](C4)C5)c12. The largest absolute Gasteiger partial charge is 0.208 e. The zero-order valence-electron chi connectivity index (χ0n) is 25.7. The van der Waals surface area contributed by atoms with Crippen LogP contribution in [0.2, 0.25) is 0 Å². The van der Waals surface area contributed by atoms with Gasteiger partial charge in [-0.15, -0.1) is 0 Å². The maximum atomic E-state index is 10.4. The van der Waals surface area contributed by atoms with E-state index in [1.807, 2.05) is 48.5 Å². The van der Waals surface area contributed by atoms with Crippen molar-refractivity contribution in [1.29, 1.82) is 5.26 Å². The average Bonchev–Trinajstić information content (AvgIpc) is 3.11. The second kappa shape index (κ2) is 10.7. The molecule has 4 heteroatoms. The van der Waals surface area contributed by atoms with Crippen molar-refractivity contribution < 1.29 is 0 Å². The van der Waals surface area contributed by atoms with Crippen LogP contribution in [-0.4, -0.2) is 15.0 Å². The highest BCUT2D eigenvalue weighted by atomic mass is 15.0. The van der Waals surface area contributed by atoms with Crippen molar-refractivity contribution in [3.05, 3.63) is 126 Å². The maximum absolute atomic E-state index is 10.4. The Labute approximate surface area is 269 Å². The summed E-state index contributed by atoms with van der Waals surface area (Å²) in [4.78, 5) is 15.3. The van der Waals surface area contributed by atoms with E-state index in [4.69, 9.17) is 15.0 Å². The zero-order chi connectivity index (χ0) is 30.7. The standard InChI is InChI=1S/C42H34N4/c43-26-34-15-8-16-35-36(17-18-37(38(34)35)42-23-27-19-28(24-42)21-29(20-27)25-42)41-45-39(31-11-5-2-6-12-31)44-40(46-41)33-14-7-13-32(22-33)30-9-3-1-4-10-30/h1-18,22,27-29H,19-21,23-25H2/t27-,28+,29-,42?. The molecule has 0 amide bonds. The normalized spacial score (nSPS) is 23.0. The molecule has 1 aromatic heterocycles. The van der Waals surface area contributed by atoms with Crippen molar-refractivity contribution in [3.63, 3.8) is 0 Å². The summed E-state index contributed by atoms with van der Waals surface area (Å²) in [6.07, 6.45) is 7.92. The minimum Gasteiger partial charge on any atom is -0.208 e. The van der Waals surface area contributed by atoms with Gasteiger partial charge in [0, 0.05) is 22.1 Å². The second-order valence-corrected chi connectivity index (χ2v) is 13.8. The molecule has 10 rings (SSSR count). The van der Waals surface area contributed by atoms with Gasteiger partial charge in [0.15, 0.2) is 17.5 Å². The van der Waals surface area contributed by atoms with Crippen molar-refractivity contribution >= 4 is 10.8 Å². The van der Waals surface area contributed by atoms with Gasteiger partial charge in [-0.3, -0.25) is 0 Å². The fraction of sp³-hybridized carbons (Fsp3) is 0.238. The van der Waals surface area contributed by atoms with Crippen LogP contribution in [0.1, 0.15) is 49.7 Å². The minimum absolute atomic E-state index is 0.163. The van der Waals surface area contributed by atoms with Gasteiger partial charge in [-0.2, -0.15) is 5.26 Å². The minimum atomic E-state index is 0.163. The van der Waals surface area contributed by atoms with Crippen molar-refractivity contribution in [2.75, 3.05) is 0 Å². The molecule has 4 aliphatic rings. The van der Waals surface area contributed by atoms with E-state index in [0.717, 1.165) is 61.9 Å². The Kier molecular flexibility index (Phi) is 6.35. The number of aromatic nitrogens is 3. The first kappa shape index (κ1) is 27.2. The summed E-state index contributed by atoms with van der Waals surface area (Å²) < 4.78 is 0. The predicted octanol–water partition coefficient (Wildman–Crippen LogP) is 10.0. The van der Waals surface area contributed by atoms with Gasteiger partial charge in [0.1, 0.15) is 0 Å². The van der Waals surface area contributed by atoms with E-state index in [1.54, 1.807) is 0 Å². The van der Waals surface area contributed by atoms with Gasteiger partial charge >= 0.3 is 0 Å². The van der Waals surface area contributed by atoms with E-state index < -0.39 is 0 Å². The third-order valence-electron chi connectivity index (χ3n) is 10.9. The van der Waals surface area contributed by atoms with Gasteiger partial charge in [-0.25, -0.2) is 15.0 Å². The summed E-state index contributed by atoms with van der Waals surface area (Å²) in [5.74, 6) is 4.37. The molecule has 222 valence electrons. The zero-order valence-corrected chi connectivity index (χ0v) is 25.7. The van der Waals surface area contributed by atoms with E-state index in [-0.39, 0.29) is 5.41 Å². The molecular weight excluding hydrogens is 560 g/mol. The van der Waals surface area contributed by atoms with Crippen LogP contribution in [0, 0.1) is 29.1 Å². The molecule has 6 aromatic rings. The summed E-state index contributed by atoms with van der Waals surface area (Å²) in [5.41, 5.74) is 7.38. The molecule has 0 spiro atoms. The van der Waals surface area contributed by atoms with Gasteiger partial charge in [-0.05, 0) is 95.9 Å². The predicted molar refractivity (Wildman–Crippen MR) is 184 cm³/mol. The van der Waals surface area contributed by atoms with Crippen molar-refractivity contribution in [2.24, 2.45) is 17.8 Å². The molecule has 0 saturated heterocycles. The van der Waals surface area contributed by atoms with E-state index >= 15 is 0 Å². The van der Waals surface area contributed by atoms with Crippen molar-refractivity contribution in [2.45, 2.75) is 43.9 Å². The average molecular weight is 595 g/mol. The van der Waals surface area contributed by atoms with Gasteiger partial charge < -0.3 is 0 Å². The molecule has 0 aliphatic heterocycles. The molecule has 4 saturated carbocycles. The Bertz CT molecular complexity index is 2110. The van der Waals surface area contributed by atoms with Crippen LogP contribution in [0.3, 0.4) is 0 Å². The van der Waals surface area contributed by atoms with Crippen molar-refractivity contribution in [3.8, 4) is 51.4 Å². The van der Waals surface area contributed by atoms with Crippen LogP contribution in [0.15, 0.2) is 115 Å². The molecule has 1 heterocycles. The van der Waals surface area contributed by atoms with E-state index in [9.17, 15) is 5.26 Å². The first-order valence-electron chi connectivity index (χ1n) is 16.6. The van der Waals surface area contributed by atoms with E-state index in [1.165, 1.54) is 44.1 Å². The number of benzene rings is 5. The highest BCUT2D eigenvalue weighted by Gasteiger charge is 2.52. The molecule has 5 aromatic carbocycles. The molecule has 4 aliphatic carbocycles. The van der Waals surface area contributed by atoms with Crippen LogP contribution >= 0.6 is 0 Å². The van der Waals surface area contributed by atoms with E-state index in [2.05, 4.69) is 72.8 Å². The smallest absolute Gasteiger partial charge is 0.164 e. The molecular formula is C42H34N4. The molecule has 4 bridgehead atoms. The van der Waals surface area contributed by atoms with Crippen LogP contribution in [0.4, 0.5) is 0 Å². The summed E-state index contributed by atoms with van der Waals surface area (Å²) in [7, 11) is 0. The maximum Gasteiger partial charge on any atom is 0.164 e. The van der Waals surface area contributed by atoms with Gasteiger partial charge in [0.2, 0.25) is 0 Å². The number of hydrogen-bond donors (Lipinski definition) is 0. The van der Waals surface area contributed by atoms with Crippen molar-refractivity contribution in [1.82, 2.24) is 15.0 Å². The molecule has 4 nitrogen and oxygen atoms in total. The summed E-state index contributed by atoms with van der Waals surface area (Å²) in [6, 6.07) is 42.2. The molecule has 0 atom stereocenters. The highest BCUT2D eigenvalue weighted by molar-refractivity contribution is 6.01. The Morgan fingerprint density at radius 2 is 1.11 bits per heavy atom. The first-order chi connectivity index (χ1) is 22.7. The molecule has 0 unspecified atom stereocenters. The van der Waals surface area contributed by atoms with E-state index in [0.29, 0.717) is 17.5 Å². The summed E-state index contributed by atoms with van der Waals surface area (Å²) in [6.45, 7) is 0. The number of nitrogens with zero attached hydrogens (tertiary/aromatic N) is 4. The monoisotopic (exact) mass is 594 g/mol. The number of nitriles is 1. The lowest BCUT2D eigenvalue weighted by atomic mass is 9.47. The number of hydrogen-bond acceptors (Lipinski definition) is 4. The summed E-state index contributed by atoms with van der Waals surface area (Å²) >= 11 is 0. The van der Waals surface area contributed by atoms with Crippen LogP contribution in [0.5, 0.6) is 0 Å². The lowest BCUT2D eigenvalue weighted by Gasteiger charge is -2.57.